The van der Waals surface area contributed by atoms with Crippen molar-refractivity contribution in [2.75, 3.05) is 5.32 Å². The van der Waals surface area contributed by atoms with E-state index in [1.54, 1.807) is 30.5 Å². The topological polar surface area (TPSA) is 61.7 Å². The number of hydrogen-bond donors (Lipinski definition) is 2. The van der Waals surface area contributed by atoms with Crippen LogP contribution in [0.2, 0.25) is 0 Å². The normalized spacial score (nSPS) is 11.5. The SMILES string of the molecule is O=C(O)c1ccc(C(/C=N/c2ccccc2)=C\Nc2ccccc2)cc1. The first kappa shape index (κ1) is 17.2. The van der Waals surface area contributed by atoms with E-state index in [4.69, 9.17) is 5.11 Å². The predicted octanol–water partition coefficient (Wildman–Crippen LogP) is 5.24. The molecule has 0 heterocycles. The molecule has 0 saturated heterocycles. The number of para-hydroxylation sites is 2. The molecule has 3 aromatic rings. The van der Waals surface area contributed by atoms with Crippen molar-refractivity contribution < 1.29 is 9.90 Å². The van der Waals surface area contributed by atoms with Crippen molar-refractivity contribution in [2.24, 2.45) is 4.99 Å². The molecule has 0 aromatic heterocycles. The Morgan fingerprint density at radius 2 is 1.38 bits per heavy atom. The van der Waals surface area contributed by atoms with Crippen molar-refractivity contribution in [3.05, 3.63) is 102 Å². The number of anilines is 1. The maximum Gasteiger partial charge on any atom is 0.335 e. The van der Waals surface area contributed by atoms with Gasteiger partial charge in [0.05, 0.1) is 11.3 Å². The molecule has 4 nitrogen and oxygen atoms in total. The van der Waals surface area contributed by atoms with Crippen LogP contribution in [-0.4, -0.2) is 17.3 Å². The number of hydrogen-bond acceptors (Lipinski definition) is 3. The summed E-state index contributed by atoms with van der Waals surface area (Å²) in [6.07, 6.45) is 3.62. The predicted molar refractivity (Wildman–Crippen MR) is 106 cm³/mol. The third-order valence-corrected chi connectivity index (χ3v) is 3.74. The first-order valence-corrected chi connectivity index (χ1v) is 8.17. The zero-order valence-corrected chi connectivity index (χ0v) is 14.0. The monoisotopic (exact) mass is 342 g/mol. The average Bonchev–Trinajstić information content (AvgIpc) is 2.70. The van der Waals surface area contributed by atoms with E-state index in [1.165, 1.54) is 0 Å². The number of carboxylic acid groups (broad SMARTS) is 1. The molecule has 0 aliphatic carbocycles. The van der Waals surface area contributed by atoms with Gasteiger partial charge in [-0.05, 0) is 42.0 Å². The van der Waals surface area contributed by atoms with Crippen molar-refractivity contribution in [3.63, 3.8) is 0 Å². The van der Waals surface area contributed by atoms with E-state index < -0.39 is 5.97 Å². The van der Waals surface area contributed by atoms with E-state index in [2.05, 4.69) is 10.3 Å². The van der Waals surface area contributed by atoms with Crippen molar-refractivity contribution >= 4 is 29.1 Å². The largest absolute Gasteiger partial charge is 0.478 e. The van der Waals surface area contributed by atoms with Crippen LogP contribution in [0, 0.1) is 0 Å². The lowest BCUT2D eigenvalue weighted by atomic mass is 10.1. The summed E-state index contributed by atoms with van der Waals surface area (Å²) in [5, 5.41) is 12.3. The highest BCUT2D eigenvalue weighted by atomic mass is 16.4. The van der Waals surface area contributed by atoms with Gasteiger partial charge in [0.15, 0.2) is 0 Å². The van der Waals surface area contributed by atoms with Gasteiger partial charge in [0.2, 0.25) is 0 Å². The number of carboxylic acids is 1. The Morgan fingerprint density at radius 1 is 0.808 bits per heavy atom. The van der Waals surface area contributed by atoms with Gasteiger partial charge < -0.3 is 10.4 Å². The summed E-state index contributed by atoms with van der Waals surface area (Å²) in [7, 11) is 0. The molecular formula is C22H18N2O2. The van der Waals surface area contributed by atoms with Crippen LogP contribution in [0.4, 0.5) is 11.4 Å². The number of nitrogens with zero attached hydrogens (tertiary/aromatic N) is 1. The molecule has 26 heavy (non-hydrogen) atoms. The van der Waals surface area contributed by atoms with Gasteiger partial charge in [-0.1, -0.05) is 48.5 Å². The molecule has 0 bridgehead atoms. The molecule has 0 amide bonds. The van der Waals surface area contributed by atoms with Crippen molar-refractivity contribution in [1.82, 2.24) is 0 Å². The molecule has 3 aromatic carbocycles. The summed E-state index contributed by atoms with van der Waals surface area (Å²) in [5.41, 5.74) is 3.78. The first-order chi connectivity index (χ1) is 12.7. The molecular weight excluding hydrogens is 324 g/mol. The highest BCUT2D eigenvalue weighted by Gasteiger charge is 2.04. The van der Waals surface area contributed by atoms with E-state index in [0.29, 0.717) is 0 Å². The van der Waals surface area contributed by atoms with Crippen LogP contribution >= 0.6 is 0 Å². The number of benzene rings is 3. The van der Waals surface area contributed by atoms with E-state index >= 15 is 0 Å². The third kappa shape index (κ3) is 4.68. The molecule has 0 fully saturated rings. The van der Waals surface area contributed by atoms with Crippen LogP contribution in [0.3, 0.4) is 0 Å². The minimum absolute atomic E-state index is 0.254. The molecule has 0 spiro atoms. The van der Waals surface area contributed by atoms with Gasteiger partial charge in [0.25, 0.3) is 0 Å². The van der Waals surface area contributed by atoms with Gasteiger partial charge in [-0.3, -0.25) is 4.99 Å². The maximum atomic E-state index is 11.1. The lowest BCUT2D eigenvalue weighted by Crippen LogP contribution is -1.97. The molecule has 0 atom stereocenters. The van der Waals surface area contributed by atoms with Crippen LogP contribution in [0.1, 0.15) is 15.9 Å². The fourth-order valence-corrected chi connectivity index (χ4v) is 2.35. The minimum atomic E-state index is -0.942. The molecule has 3 rings (SSSR count). The highest BCUT2D eigenvalue weighted by molar-refractivity contribution is 6.11. The Bertz CT molecular complexity index is 915. The maximum absolute atomic E-state index is 11.1. The van der Waals surface area contributed by atoms with Gasteiger partial charge >= 0.3 is 5.97 Å². The van der Waals surface area contributed by atoms with E-state index in [9.17, 15) is 4.79 Å². The fourth-order valence-electron chi connectivity index (χ4n) is 2.35. The Labute approximate surface area is 152 Å². The molecule has 0 unspecified atom stereocenters. The lowest BCUT2D eigenvalue weighted by molar-refractivity contribution is 0.0697. The molecule has 2 N–H and O–H groups in total. The van der Waals surface area contributed by atoms with Gasteiger partial charge in [-0.25, -0.2) is 4.79 Å². The number of aromatic carboxylic acids is 1. The Morgan fingerprint density at radius 3 is 2.00 bits per heavy atom. The number of nitrogens with one attached hydrogen (secondary N) is 1. The second-order valence-corrected chi connectivity index (χ2v) is 5.59. The van der Waals surface area contributed by atoms with Crippen molar-refractivity contribution in [2.45, 2.75) is 0 Å². The van der Waals surface area contributed by atoms with Crippen LogP contribution in [0.15, 0.2) is 96.1 Å². The summed E-state index contributed by atoms with van der Waals surface area (Å²) in [6.45, 7) is 0. The zero-order chi connectivity index (χ0) is 18.2. The Hall–Kier alpha value is -3.66. The molecule has 0 aliphatic rings. The minimum Gasteiger partial charge on any atom is -0.478 e. The molecule has 0 aliphatic heterocycles. The second kappa shape index (κ2) is 8.44. The van der Waals surface area contributed by atoms with Crippen LogP contribution in [0.25, 0.3) is 5.57 Å². The number of aliphatic imine (C=N–C) groups is 1. The Kier molecular flexibility index (Phi) is 5.58. The molecule has 128 valence electrons. The quantitative estimate of drug-likeness (QED) is 0.602. The van der Waals surface area contributed by atoms with Crippen LogP contribution in [0.5, 0.6) is 0 Å². The molecule has 0 saturated carbocycles. The van der Waals surface area contributed by atoms with Crippen LogP contribution < -0.4 is 5.32 Å². The highest BCUT2D eigenvalue weighted by Crippen LogP contribution is 2.17. The first-order valence-electron chi connectivity index (χ1n) is 8.17. The van der Waals surface area contributed by atoms with Crippen LogP contribution in [-0.2, 0) is 0 Å². The molecule has 4 heteroatoms. The summed E-state index contributed by atoms with van der Waals surface area (Å²) in [6, 6.07) is 26.2. The van der Waals surface area contributed by atoms with Gasteiger partial charge in [-0.15, -0.1) is 0 Å². The molecule has 0 radical (unpaired) electrons. The van der Waals surface area contributed by atoms with Gasteiger partial charge in [0, 0.05) is 23.7 Å². The van der Waals surface area contributed by atoms with E-state index in [0.717, 1.165) is 22.5 Å². The zero-order valence-electron chi connectivity index (χ0n) is 14.0. The van der Waals surface area contributed by atoms with Gasteiger partial charge in [0.1, 0.15) is 0 Å². The van der Waals surface area contributed by atoms with E-state index in [1.807, 2.05) is 66.9 Å². The van der Waals surface area contributed by atoms with E-state index in [-0.39, 0.29) is 5.56 Å². The third-order valence-electron chi connectivity index (χ3n) is 3.74. The average molecular weight is 342 g/mol. The smallest absolute Gasteiger partial charge is 0.335 e. The summed E-state index contributed by atoms with van der Waals surface area (Å²) in [5.74, 6) is -0.942. The lowest BCUT2D eigenvalue weighted by Gasteiger charge is -2.06. The second-order valence-electron chi connectivity index (χ2n) is 5.59. The summed E-state index contributed by atoms with van der Waals surface area (Å²) in [4.78, 5) is 15.6. The summed E-state index contributed by atoms with van der Waals surface area (Å²) >= 11 is 0. The number of carbonyl (C=O) groups is 1. The van der Waals surface area contributed by atoms with Crippen molar-refractivity contribution in [1.29, 1.82) is 0 Å². The number of allylic oxidation sites excluding steroid dienone is 1. The van der Waals surface area contributed by atoms with Crippen molar-refractivity contribution in [3.8, 4) is 0 Å². The standard InChI is InChI=1S/C22H18N2O2/c25-22(26)18-13-11-17(12-14-18)19(15-23-20-7-3-1-4-8-20)16-24-21-9-5-2-6-10-21/h1-16,23H,(H,25,26)/b19-15-,24-16+. The van der Waals surface area contributed by atoms with Gasteiger partial charge in [-0.2, -0.15) is 0 Å². The fraction of sp³-hybridized carbons (Fsp3) is 0. The number of rotatable bonds is 6. The summed E-state index contributed by atoms with van der Waals surface area (Å²) < 4.78 is 0. The Balaban J connectivity index is 1.90.